The van der Waals surface area contributed by atoms with E-state index in [-0.39, 0.29) is 5.91 Å². The number of likely N-dealkylation sites (N-methyl/N-ethyl adjacent to an activating group) is 1. The number of amides is 1. The van der Waals surface area contributed by atoms with E-state index in [1.807, 2.05) is 0 Å². The molecule has 1 aliphatic carbocycles. The van der Waals surface area contributed by atoms with Crippen molar-refractivity contribution in [2.24, 2.45) is 0 Å². The Morgan fingerprint density at radius 2 is 1.65 bits per heavy atom. The first kappa shape index (κ1) is 17.1. The second kappa shape index (κ2) is 8.42. The van der Waals surface area contributed by atoms with E-state index in [1.165, 1.54) is 12.8 Å². The molecule has 0 aromatic rings. The van der Waals surface area contributed by atoms with Crippen molar-refractivity contribution in [1.82, 2.24) is 20.0 Å². The molecular formula is C17H32N4O2. The lowest BCUT2D eigenvalue weighted by Gasteiger charge is -2.39. The van der Waals surface area contributed by atoms with Crippen LogP contribution >= 0.6 is 0 Å². The first-order valence-corrected chi connectivity index (χ1v) is 9.23. The molecule has 2 saturated heterocycles. The van der Waals surface area contributed by atoms with Crippen molar-refractivity contribution in [3.8, 4) is 0 Å². The molecule has 1 amide bonds. The van der Waals surface area contributed by atoms with Crippen molar-refractivity contribution in [3.63, 3.8) is 0 Å². The van der Waals surface area contributed by atoms with Crippen LogP contribution < -0.4 is 5.32 Å². The normalized spacial score (nSPS) is 31.9. The van der Waals surface area contributed by atoms with Gasteiger partial charge in [0.2, 0.25) is 5.91 Å². The molecule has 6 heteroatoms. The zero-order valence-electron chi connectivity index (χ0n) is 14.5. The molecule has 0 radical (unpaired) electrons. The summed E-state index contributed by atoms with van der Waals surface area (Å²) in [6, 6.07) is 1.08. The average molecular weight is 324 g/mol. The quantitative estimate of drug-likeness (QED) is 0.788. The maximum absolute atomic E-state index is 12.3. The molecule has 0 bridgehead atoms. The predicted octanol–water partition coefficient (Wildman–Crippen LogP) is -0.00660. The fourth-order valence-electron chi connectivity index (χ4n) is 4.01. The summed E-state index contributed by atoms with van der Waals surface area (Å²) in [4.78, 5) is 19.4. The van der Waals surface area contributed by atoms with Crippen LogP contribution in [0, 0.1) is 0 Å². The second-order valence-electron chi connectivity index (χ2n) is 7.30. The number of nitrogens with zero attached hydrogens (tertiary/aromatic N) is 3. The lowest BCUT2D eigenvalue weighted by atomic mass is 9.90. The molecule has 3 fully saturated rings. The molecule has 2 aliphatic heterocycles. The van der Waals surface area contributed by atoms with Crippen molar-refractivity contribution < 1.29 is 9.53 Å². The molecule has 0 unspecified atom stereocenters. The van der Waals surface area contributed by atoms with Crippen LogP contribution in [0.25, 0.3) is 0 Å². The van der Waals surface area contributed by atoms with Crippen molar-refractivity contribution in [2.45, 2.75) is 37.8 Å². The van der Waals surface area contributed by atoms with Crippen LogP contribution in [0.1, 0.15) is 25.7 Å². The summed E-state index contributed by atoms with van der Waals surface area (Å²) in [6.07, 6.45) is 4.66. The number of carbonyl (C=O) groups is 1. The van der Waals surface area contributed by atoms with Gasteiger partial charge in [-0.15, -0.1) is 0 Å². The fraction of sp³-hybridized carbons (Fsp3) is 0.941. The summed E-state index contributed by atoms with van der Waals surface area (Å²) in [5.74, 6) is 0.212. The molecule has 1 saturated carbocycles. The lowest BCUT2D eigenvalue weighted by Crippen LogP contribution is -2.51. The standard InChI is InChI=1S/C17H32N4O2/c1-19-6-8-20(9-7-19)14-17(22)18-15-2-4-16(5-3-15)21-10-12-23-13-11-21/h15-16H,2-14H2,1H3,(H,18,22). The third-order valence-electron chi connectivity index (χ3n) is 5.59. The van der Waals surface area contributed by atoms with Gasteiger partial charge < -0.3 is 15.0 Å². The fourth-order valence-corrected chi connectivity index (χ4v) is 4.01. The van der Waals surface area contributed by atoms with E-state index in [2.05, 4.69) is 27.1 Å². The van der Waals surface area contributed by atoms with Crippen LogP contribution in [0.3, 0.4) is 0 Å². The van der Waals surface area contributed by atoms with Gasteiger partial charge in [0, 0.05) is 51.4 Å². The number of piperazine rings is 1. The Labute approximate surface area is 140 Å². The number of hydrogen-bond donors (Lipinski definition) is 1. The molecule has 0 aromatic heterocycles. The summed E-state index contributed by atoms with van der Waals surface area (Å²) < 4.78 is 5.44. The topological polar surface area (TPSA) is 48.0 Å². The molecule has 23 heavy (non-hydrogen) atoms. The van der Waals surface area contributed by atoms with Gasteiger partial charge in [-0.05, 0) is 32.7 Å². The molecule has 1 N–H and O–H groups in total. The number of morpholine rings is 1. The van der Waals surface area contributed by atoms with Crippen molar-refractivity contribution in [2.75, 3.05) is 66.1 Å². The molecule has 3 rings (SSSR count). The average Bonchev–Trinajstić information content (AvgIpc) is 2.58. The van der Waals surface area contributed by atoms with Gasteiger partial charge in [0.1, 0.15) is 0 Å². The zero-order valence-corrected chi connectivity index (χ0v) is 14.5. The molecule has 0 aromatic carbocycles. The highest BCUT2D eigenvalue weighted by Crippen LogP contribution is 2.23. The Kier molecular flexibility index (Phi) is 6.28. The number of nitrogens with one attached hydrogen (secondary N) is 1. The van der Waals surface area contributed by atoms with Gasteiger partial charge in [-0.1, -0.05) is 0 Å². The minimum Gasteiger partial charge on any atom is -0.379 e. The highest BCUT2D eigenvalue weighted by molar-refractivity contribution is 5.78. The maximum atomic E-state index is 12.3. The number of ether oxygens (including phenoxy) is 1. The Morgan fingerprint density at radius 1 is 1.00 bits per heavy atom. The Hall–Kier alpha value is -0.690. The summed E-state index contributed by atoms with van der Waals surface area (Å²) in [5, 5.41) is 3.26. The van der Waals surface area contributed by atoms with Crippen molar-refractivity contribution in [1.29, 1.82) is 0 Å². The minimum absolute atomic E-state index is 0.212. The van der Waals surface area contributed by atoms with Gasteiger partial charge in [0.05, 0.1) is 19.8 Å². The van der Waals surface area contributed by atoms with Gasteiger partial charge in [-0.25, -0.2) is 0 Å². The maximum Gasteiger partial charge on any atom is 0.234 e. The van der Waals surface area contributed by atoms with Crippen LogP contribution in [0.5, 0.6) is 0 Å². The summed E-state index contributed by atoms with van der Waals surface area (Å²) in [7, 11) is 2.14. The van der Waals surface area contributed by atoms with Crippen LogP contribution in [-0.2, 0) is 9.53 Å². The Morgan fingerprint density at radius 3 is 2.30 bits per heavy atom. The second-order valence-corrected chi connectivity index (χ2v) is 7.30. The van der Waals surface area contributed by atoms with E-state index in [4.69, 9.17) is 4.74 Å². The minimum atomic E-state index is 0.212. The SMILES string of the molecule is CN1CCN(CC(=O)NC2CCC(N3CCOCC3)CC2)CC1. The molecule has 6 nitrogen and oxygen atoms in total. The first-order chi connectivity index (χ1) is 11.2. The van der Waals surface area contributed by atoms with Gasteiger partial charge in [0.25, 0.3) is 0 Å². The third-order valence-corrected chi connectivity index (χ3v) is 5.59. The summed E-state index contributed by atoms with van der Waals surface area (Å²) in [6.45, 7) is 8.62. The van der Waals surface area contributed by atoms with E-state index in [9.17, 15) is 4.79 Å². The Bertz CT molecular complexity index is 371. The lowest BCUT2D eigenvalue weighted by molar-refractivity contribution is -0.123. The van der Waals surface area contributed by atoms with Crippen LogP contribution in [0.4, 0.5) is 0 Å². The highest BCUT2D eigenvalue weighted by Gasteiger charge is 2.28. The van der Waals surface area contributed by atoms with E-state index in [1.54, 1.807) is 0 Å². The molecule has 132 valence electrons. The van der Waals surface area contributed by atoms with Gasteiger partial charge in [-0.3, -0.25) is 14.6 Å². The smallest absolute Gasteiger partial charge is 0.234 e. The molecule has 2 heterocycles. The number of carbonyl (C=O) groups excluding carboxylic acids is 1. The van der Waals surface area contributed by atoms with E-state index < -0.39 is 0 Å². The zero-order chi connectivity index (χ0) is 16.1. The van der Waals surface area contributed by atoms with E-state index >= 15 is 0 Å². The molecule has 3 aliphatic rings. The molecule has 0 spiro atoms. The number of rotatable bonds is 4. The van der Waals surface area contributed by atoms with E-state index in [0.29, 0.717) is 18.6 Å². The molecular weight excluding hydrogens is 292 g/mol. The predicted molar refractivity (Wildman–Crippen MR) is 90.5 cm³/mol. The summed E-state index contributed by atoms with van der Waals surface area (Å²) in [5.41, 5.74) is 0. The van der Waals surface area contributed by atoms with Crippen LogP contribution in [-0.4, -0.2) is 98.8 Å². The summed E-state index contributed by atoms with van der Waals surface area (Å²) >= 11 is 0. The third kappa shape index (κ3) is 5.14. The van der Waals surface area contributed by atoms with E-state index in [0.717, 1.165) is 65.3 Å². The van der Waals surface area contributed by atoms with Gasteiger partial charge >= 0.3 is 0 Å². The Balaban J connectivity index is 1.34. The van der Waals surface area contributed by atoms with Crippen molar-refractivity contribution >= 4 is 5.91 Å². The molecule has 0 atom stereocenters. The highest BCUT2D eigenvalue weighted by atomic mass is 16.5. The first-order valence-electron chi connectivity index (χ1n) is 9.23. The number of hydrogen-bond acceptors (Lipinski definition) is 5. The van der Waals surface area contributed by atoms with Gasteiger partial charge in [0.15, 0.2) is 0 Å². The van der Waals surface area contributed by atoms with Crippen LogP contribution in [0.15, 0.2) is 0 Å². The van der Waals surface area contributed by atoms with Crippen molar-refractivity contribution in [3.05, 3.63) is 0 Å². The van der Waals surface area contributed by atoms with Crippen LogP contribution in [0.2, 0.25) is 0 Å². The monoisotopic (exact) mass is 324 g/mol. The largest absolute Gasteiger partial charge is 0.379 e. The van der Waals surface area contributed by atoms with Gasteiger partial charge in [-0.2, -0.15) is 0 Å².